The van der Waals surface area contributed by atoms with Crippen LogP contribution in [0.4, 0.5) is 10.5 Å². The van der Waals surface area contributed by atoms with Gasteiger partial charge < -0.3 is 24.4 Å². The molecular formula is C33H36N2O4. The molecule has 0 radical (unpaired) electrons. The summed E-state index contributed by atoms with van der Waals surface area (Å²) in [4.78, 5) is 14.6. The van der Waals surface area contributed by atoms with Gasteiger partial charge in [-0.2, -0.15) is 0 Å². The molecule has 0 spiro atoms. The van der Waals surface area contributed by atoms with Gasteiger partial charge in [0, 0.05) is 13.1 Å². The van der Waals surface area contributed by atoms with Gasteiger partial charge in [0.25, 0.3) is 0 Å². The lowest BCUT2D eigenvalue weighted by Gasteiger charge is -2.29. The number of likely N-dealkylation sites (tertiary alicyclic amines) is 1. The Labute approximate surface area is 230 Å². The largest absolute Gasteiger partial charge is 0.497 e. The minimum absolute atomic E-state index is 0.0499. The summed E-state index contributed by atoms with van der Waals surface area (Å²) in [5.41, 5.74) is 2.53. The normalized spacial score (nSPS) is 15.3. The van der Waals surface area contributed by atoms with Gasteiger partial charge in [-0.3, -0.25) is 0 Å². The van der Waals surface area contributed by atoms with Crippen molar-refractivity contribution in [3.63, 3.8) is 0 Å². The second-order valence-electron chi connectivity index (χ2n) is 10.9. The van der Waals surface area contributed by atoms with Gasteiger partial charge in [-0.15, -0.1) is 0 Å². The van der Waals surface area contributed by atoms with Gasteiger partial charge in [0.1, 0.15) is 17.1 Å². The number of amides is 1. The molecule has 4 aromatic carbocycles. The monoisotopic (exact) mass is 524 g/mol. The second kappa shape index (κ2) is 11.3. The number of benzene rings is 4. The highest BCUT2D eigenvalue weighted by Gasteiger charge is 2.32. The van der Waals surface area contributed by atoms with E-state index in [0.29, 0.717) is 24.6 Å². The molecule has 0 aromatic heterocycles. The fourth-order valence-electron chi connectivity index (χ4n) is 4.91. The highest BCUT2D eigenvalue weighted by molar-refractivity contribution is 5.87. The van der Waals surface area contributed by atoms with E-state index in [4.69, 9.17) is 14.2 Å². The van der Waals surface area contributed by atoms with Crippen LogP contribution in [0.3, 0.4) is 0 Å². The third-order valence-corrected chi connectivity index (χ3v) is 6.88. The molecule has 6 nitrogen and oxygen atoms in total. The summed E-state index contributed by atoms with van der Waals surface area (Å²) < 4.78 is 17.3. The van der Waals surface area contributed by atoms with E-state index >= 15 is 0 Å². The third-order valence-electron chi connectivity index (χ3n) is 6.88. The zero-order valence-corrected chi connectivity index (χ0v) is 23.1. The van der Waals surface area contributed by atoms with Crippen molar-refractivity contribution in [2.75, 3.05) is 25.5 Å². The van der Waals surface area contributed by atoms with E-state index in [9.17, 15) is 4.79 Å². The number of anilines is 1. The van der Waals surface area contributed by atoms with Crippen LogP contribution >= 0.6 is 0 Å². The van der Waals surface area contributed by atoms with Crippen LogP contribution in [0, 0.1) is 0 Å². The fourth-order valence-corrected chi connectivity index (χ4v) is 4.91. The number of carbonyl (C=O) groups excluding carboxylic acids is 1. The van der Waals surface area contributed by atoms with Crippen molar-refractivity contribution in [2.24, 2.45) is 0 Å². The van der Waals surface area contributed by atoms with E-state index in [1.165, 1.54) is 10.8 Å². The van der Waals surface area contributed by atoms with Gasteiger partial charge in [-0.1, -0.05) is 42.5 Å². The molecule has 1 heterocycles. The van der Waals surface area contributed by atoms with Crippen molar-refractivity contribution < 1.29 is 19.0 Å². The molecule has 5 rings (SSSR count). The van der Waals surface area contributed by atoms with E-state index in [1.54, 1.807) is 7.11 Å². The predicted octanol–water partition coefficient (Wildman–Crippen LogP) is 8.12. The summed E-state index contributed by atoms with van der Waals surface area (Å²) in [5.74, 6) is 2.20. The van der Waals surface area contributed by atoms with Crippen molar-refractivity contribution in [2.45, 2.75) is 45.3 Å². The smallest absolute Gasteiger partial charge is 0.410 e. The van der Waals surface area contributed by atoms with Crippen molar-refractivity contribution in [1.29, 1.82) is 0 Å². The second-order valence-corrected chi connectivity index (χ2v) is 10.9. The van der Waals surface area contributed by atoms with Crippen LogP contribution in [0.15, 0.2) is 84.9 Å². The Kier molecular flexibility index (Phi) is 7.64. The van der Waals surface area contributed by atoms with E-state index in [-0.39, 0.29) is 12.1 Å². The number of hydrogen-bond acceptors (Lipinski definition) is 5. The number of nitrogens with zero attached hydrogens (tertiary/aromatic N) is 1. The molecule has 6 heteroatoms. The Balaban J connectivity index is 1.40. The predicted molar refractivity (Wildman–Crippen MR) is 157 cm³/mol. The van der Waals surface area contributed by atoms with Gasteiger partial charge in [-0.25, -0.2) is 4.79 Å². The Hall–Kier alpha value is -4.19. The molecule has 0 saturated carbocycles. The molecule has 4 aromatic rings. The Bertz CT molecular complexity index is 1440. The van der Waals surface area contributed by atoms with Gasteiger partial charge in [0.15, 0.2) is 5.75 Å². The van der Waals surface area contributed by atoms with Crippen molar-refractivity contribution >= 4 is 22.6 Å². The number of methoxy groups -OCH3 is 1. The lowest BCUT2D eigenvalue weighted by Crippen LogP contribution is -2.42. The van der Waals surface area contributed by atoms with Crippen molar-refractivity contribution in [1.82, 2.24) is 4.90 Å². The Morgan fingerprint density at radius 2 is 1.59 bits per heavy atom. The maximum Gasteiger partial charge on any atom is 0.410 e. The topological polar surface area (TPSA) is 60.0 Å². The molecule has 0 unspecified atom stereocenters. The summed E-state index contributed by atoms with van der Waals surface area (Å²) in [5, 5.41) is 5.96. The maximum absolute atomic E-state index is 12.8. The molecule has 202 valence electrons. The van der Waals surface area contributed by atoms with E-state index in [1.807, 2.05) is 49.9 Å². The molecule has 1 fully saturated rings. The van der Waals surface area contributed by atoms with Gasteiger partial charge in [0.05, 0.1) is 18.8 Å². The number of fused-ring (bicyclic) bond motifs is 1. The highest BCUT2D eigenvalue weighted by atomic mass is 16.6. The molecular weight excluding hydrogens is 488 g/mol. The van der Waals surface area contributed by atoms with Crippen molar-refractivity contribution in [3.05, 3.63) is 84.9 Å². The minimum atomic E-state index is -0.518. The molecule has 1 amide bonds. The number of ether oxygens (including phenoxy) is 3. The number of rotatable bonds is 7. The standard InChI is InChI=1S/C33H36N2O4/c1-33(2,3)39-32(36)35-19-7-10-27(35)22-34-30-18-13-26(25-12-11-23-8-5-6-9-24(23)20-25)21-31(30)38-29-16-14-28(37-4)15-17-29/h5-6,8-9,11-18,20-21,27,34H,7,10,19,22H2,1-4H3/t27-/m0/s1. The molecule has 1 aliphatic heterocycles. The molecule has 1 saturated heterocycles. The molecule has 39 heavy (non-hydrogen) atoms. The minimum Gasteiger partial charge on any atom is -0.497 e. The summed E-state index contributed by atoms with van der Waals surface area (Å²) in [6.07, 6.45) is 1.63. The summed E-state index contributed by atoms with van der Waals surface area (Å²) in [7, 11) is 1.65. The summed E-state index contributed by atoms with van der Waals surface area (Å²) in [6.45, 7) is 7.00. The zero-order chi connectivity index (χ0) is 27.4. The van der Waals surface area contributed by atoms with Crippen LogP contribution in [-0.2, 0) is 4.74 Å². The molecule has 0 bridgehead atoms. The van der Waals surface area contributed by atoms with Gasteiger partial charge in [-0.05, 0) is 98.0 Å². The van der Waals surface area contributed by atoms with Crippen LogP contribution in [0.2, 0.25) is 0 Å². The average molecular weight is 525 g/mol. The molecule has 0 aliphatic carbocycles. The quantitative estimate of drug-likeness (QED) is 0.265. The average Bonchev–Trinajstić information content (AvgIpc) is 3.40. The summed E-state index contributed by atoms with van der Waals surface area (Å²) in [6, 6.07) is 28.7. The molecule has 1 N–H and O–H groups in total. The van der Waals surface area contributed by atoms with Crippen molar-refractivity contribution in [3.8, 4) is 28.4 Å². The van der Waals surface area contributed by atoms with Crippen LogP contribution in [0.5, 0.6) is 17.2 Å². The first-order chi connectivity index (χ1) is 18.8. The van der Waals surface area contributed by atoms with Crippen LogP contribution in [0.1, 0.15) is 33.6 Å². The van der Waals surface area contributed by atoms with E-state index < -0.39 is 5.60 Å². The van der Waals surface area contributed by atoms with Gasteiger partial charge >= 0.3 is 6.09 Å². The number of hydrogen-bond donors (Lipinski definition) is 1. The number of nitrogens with one attached hydrogen (secondary N) is 1. The Morgan fingerprint density at radius 3 is 2.33 bits per heavy atom. The first kappa shape index (κ1) is 26.4. The highest BCUT2D eigenvalue weighted by Crippen LogP contribution is 2.36. The van der Waals surface area contributed by atoms with Crippen LogP contribution in [0.25, 0.3) is 21.9 Å². The molecule has 1 atom stereocenters. The Morgan fingerprint density at radius 1 is 0.897 bits per heavy atom. The number of carbonyl (C=O) groups is 1. The van der Waals surface area contributed by atoms with E-state index in [2.05, 4.69) is 66.0 Å². The SMILES string of the molecule is COc1ccc(Oc2cc(-c3ccc4ccccc4c3)ccc2NC[C@@H]2CCCN2C(=O)OC(C)(C)C)cc1. The first-order valence-electron chi connectivity index (χ1n) is 13.5. The van der Waals surface area contributed by atoms with Crippen LogP contribution < -0.4 is 14.8 Å². The van der Waals surface area contributed by atoms with E-state index in [0.717, 1.165) is 35.4 Å². The summed E-state index contributed by atoms with van der Waals surface area (Å²) >= 11 is 0. The lowest BCUT2D eigenvalue weighted by atomic mass is 10.0. The zero-order valence-electron chi connectivity index (χ0n) is 23.1. The maximum atomic E-state index is 12.8. The van der Waals surface area contributed by atoms with Gasteiger partial charge in [0.2, 0.25) is 0 Å². The lowest BCUT2D eigenvalue weighted by molar-refractivity contribution is 0.0235. The molecule has 1 aliphatic rings. The fraction of sp³-hybridized carbons (Fsp3) is 0.303. The third kappa shape index (κ3) is 6.45. The van der Waals surface area contributed by atoms with Crippen LogP contribution in [-0.4, -0.2) is 42.8 Å². The first-order valence-corrected chi connectivity index (χ1v) is 13.5.